The van der Waals surface area contributed by atoms with Gasteiger partial charge in [0, 0.05) is 80.3 Å². The third-order valence-corrected chi connectivity index (χ3v) is 18.1. The number of hydrogen-bond donors (Lipinski definition) is 0. The number of carbonyl (C=O) groups excluding carboxylic acids is 1. The number of allylic oxidation sites excluding steroid dienone is 2. The van der Waals surface area contributed by atoms with Crippen molar-refractivity contribution >= 4 is 91.2 Å². The standard InChI is InChI=1S/C72H56BCl2FN3O9/c1-83-30-31-84-32-33-85-34-35-86-50-23-18-43(19-24-50)46-20-28-62-57(37-46)54-25-26-55-65-56(27-29-63(88-62)66(54)65)72(82)77(71(55)81)49-21-16-42(17-22-49)36-64(80)87-51-40-58(74)67(59(75)41-51)68-60-38-47-12-6-10-44-8-2-4-14-52(44)69(47)78(60)73(76)79-61(68)39-48-13-7-11-45-9-3-5-15-53(45)70(48)79/h2-5,8-9,14-29,37-41H,6-7,10-13,30-36H2,1H3. The zero-order valence-electron chi connectivity index (χ0n) is 48.0. The van der Waals surface area contributed by atoms with Crippen LogP contribution in [-0.2, 0) is 44.7 Å². The molecule has 0 saturated heterocycles. The number of pyridine rings is 1. The molecule has 0 N–H and O–H groups in total. The maximum Gasteiger partial charge on any atom is 0.533 e. The summed E-state index contributed by atoms with van der Waals surface area (Å²) in [4.78, 5) is 42.9. The summed E-state index contributed by atoms with van der Waals surface area (Å²) in [6, 6.07) is 49.5. The van der Waals surface area contributed by atoms with Gasteiger partial charge < -0.3 is 41.4 Å². The molecule has 2 aliphatic carbocycles. The van der Waals surface area contributed by atoms with Gasteiger partial charge in [-0.3, -0.25) is 14.4 Å². The number of nitrogens with zero attached hydrogens (tertiary/aromatic N) is 3. The monoisotopic (exact) mass is 1210 g/mol. The molecule has 15 rings (SSSR count). The van der Waals surface area contributed by atoms with Crippen molar-refractivity contribution in [3.8, 4) is 39.6 Å². The number of aryl methyl sites for hydroxylation is 3. The highest BCUT2D eigenvalue weighted by molar-refractivity contribution is 6.46. The number of rotatable bonds is 16. The van der Waals surface area contributed by atoms with Crippen LogP contribution in [0.5, 0.6) is 11.5 Å². The summed E-state index contributed by atoms with van der Waals surface area (Å²) in [6.07, 6.45) is 7.13. The van der Waals surface area contributed by atoms with Crippen LogP contribution in [-0.4, -0.2) is 79.2 Å². The van der Waals surface area contributed by atoms with Gasteiger partial charge in [-0.2, -0.15) is 0 Å². The zero-order valence-corrected chi connectivity index (χ0v) is 49.5. The molecule has 0 unspecified atom stereocenters. The second-order valence-electron chi connectivity index (χ2n) is 22.7. The summed E-state index contributed by atoms with van der Waals surface area (Å²) < 4.78 is 57.3. The molecule has 4 aliphatic rings. The molecule has 0 amide bonds. The van der Waals surface area contributed by atoms with E-state index < -0.39 is 24.3 Å². The Morgan fingerprint density at radius 3 is 2.01 bits per heavy atom. The first-order valence-corrected chi connectivity index (χ1v) is 30.5. The largest absolute Gasteiger partial charge is 0.533 e. The second-order valence-corrected chi connectivity index (χ2v) is 23.5. The van der Waals surface area contributed by atoms with E-state index in [1.54, 1.807) is 61.7 Å². The first kappa shape index (κ1) is 55.7. The Labute approximate surface area is 515 Å². The highest BCUT2D eigenvalue weighted by Gasteiger charge is 2.44. The fraction of sp³-hybridized carbons (Fsp3) is 0.194. The van der Waals surface area contributed by atoms with E-state index in [4.69, 9.17) is 51.3 Å². The predicted molar refractivity (Wildman–Crippen MR) is 344 cm³/mol. The molecule has 5 heterocycles. The van der Waals surface area contributed by atoms with Crippen LogP contribution in [0.2, 0.25) is 10.0 Å². The van der Waals surface area contributed by atoms with Gasteiger partial charge >= 0.3 is 13.2 Å². The van der Waals surface area contributed by atoms with Crippen molar-refractivity contribution in [2.45, 2.75) is 44.9 Å². The molecule has 16 heteroatoms. The number of fused-ring (bicyclic) bond motifs is 11. The molecule has 0 spiro atoms. The van der Waals surface area contributed by atoms with Gasteiger partial charge in [-0.15, -0.1) is 0 Å². The van der Waals surface area contributed by atoms with Crippen molar-refractivity contribution in [3.63, 3.8) is 0 Å². The summed E-state index contributed by atoms with van der Waals surface area (Å²) >= 11 is 14.7. The highest BCUT2D eigenvalue weighted by Crippen LogP contribution is 2.49. The molecule has 3 aromatic heterocycles. The minimum Gasteiger partial charge on any atom is -0.491 e. The minimum absolute atomic E-state index is 0.143. The molecule has 11 aromatic rings. The maximum absolute atomic E-state index is 18.1. The maximum atomic E-state index is 18.1. The summed E-state index contributed by atoms with van der Waals surface area (Å²) in [5.41, 5.74) is 13.9. The molecule has 8 aromatic carbocycles. The van der Waals surface area contributed by atoms with Crippen LogP contribution in [0, 0.1) is 0 Å². The van der Waals surface area contributed by atoms with E-state index in [2.05, 4.69) is 42.5 Å². The average molecular weight is 1210 g/mol. The van der Waals surface area contributed by atoms with Gasteiger partial charge in [-0.1, -0.05) is 102 Å². The van der Waals surface area contributed by atoms with E-state index in [1.807, 2.05) is 75.7 Å². The first-order chi connectivity index (χ1) is 43.1. The number of carbonyl (C=O) groups is 1. The smallest absolute Gasteiger partial charge is 0.491 e. The molecule has 2 aliphatic heterocycles. The lowest BCUT2D eigenvalue weighted by Crippen LogP contribution is -2.41. The lowest BCUT2D eigenvalue weighted by atomic mass is 9.88. The fourth-order valence-corrected chi connectivity index (χ4v) is 14.2. The third kappa shape index (κ3) is 9.65. The Bertz CT molecular complexity index is 4840. The topological polar surface area (TPSA) is 123 Å². The van der Waals surface area contributed by atoms with E-state index in [1.165, 1.54) is 15.7 Å². The van der Waals surface area contributed by atoms with Gasteiger partial charge in [-0.05, 0) is 150 Å². The summed E-state index contributed by atoms with van der Waals surface area (Å²) in [5.74, 6) is 0.277. The number of esters is 1. The number of methoxy groups -OCH3 is 1. The Balaban J connectivity index is 0.689. The van der Waals surface area contributed by atoms with Crippen molar-refractivity contribution < 1.29 is 41.7 Å². The molecule has 0 atom stereocenters. The van der Waals surface area contributed by atoms with Crippen LogP contribution in [0.25, 0.3) is 77.1 Å². The van der Waals surface area contributed by atoms with E-state index >= 15 is 4.32 Å². The Kier molecular flexibility index (Phi) is 14.6. The van der Waals surface area contributed by atoms with Crippen LogP contribution in [0.1, 0.15) is 58.3 Å². The molecule has 0 saturated carbocycles. The van der Waals surface area contributed by atoms with E-state index in [9.17, 15) is 14.4 Å². The molecular formula is C72H56BCl2FN3O9. The molecule has 0 bridgehead atoms. The average Bonchev–Trinajstić information content (AvgIpc) is 1.41. The normalized spacial score (nSPS) is 14.6. The van der Waals surface area contributed by atoms with Crippen LogP contribution in [0.3, 0.4) is 0 Å². The highest BCUT2D eigenvalue weighted by atomic mass is 35.5. The lowest BCUT2D eigenvalue weighted by molar-refractivity contribution is -0.334. The molecular weight excluding hydrogens is 1150 g/mol. The molecule has 437 valence electrons. The van der Waals surface area contributed by atoms with E-state index in [0.717, 1.165) is 99.8 Å². The van der Waals surface area contributed by atoms with Crippen LogP contribution in [0.4, 0.5) is 4.32 Å². The quantitative estimate of drug-likeness (QED) is 0.0232. The number of hydrogen-bond acceptors (Lipinski definition) is 9. The van der Waals surface area contributed by atoms with Crippen LogP contribution < -0.4 is 20.6 Å². The Hall–Kier alpha value is -8.89. The summed E-state index contributed by atoms with van der Waals surface area (Å²) in [5, 5.41) is 4.10. The van der Waals surface area contributed by atoms with Crippen LogP contribution >= 0.6 is 23.2 Å². The van der Waals surface area contributed by atoms with Crippen molar-refractivity contribution in [1.29, 1.82) is 0 Å². The van der Waals surface area contributed by atoms with Crippen molar-refractivity contribution in [2.75, 3.05) is 46.8 Å². The van der Waals surface area contributed by atoms with Gasteiger partial charge in [0.15, 0.2) is 11.4 Å². The SMILES string of the molecule is COCCOCCOCCOc1ccc(-c2ccc3oc4ccc5c(=O)n(-c6ccc(CC(=O)Oc7cc(Cl)c(C8=C9C=C%10CCCc%11ccccc%11C%10=[N+]9[B-](F)n9c8cc8c9-c9ccccc9CCC8)c(Cl)c7)cc6)c(=O)c6ccc(c3c2)c4c56)cc1. The number of halogens is 3. The molecule has 1 radical (unpaired) electrons. The Morgan fingerprint density at radius 2 is 1.26 bits per heavy atom. The van der Waals surface area contributed by atoms with E-state index in [0.29, 0.717) is 106 Å². The summed E-state index contributed by atoms with van der Waals surface area (Å²) in [7, 11) is 0.0708. The van der Waals surface area contributed by atoms with Gasteiger partial charge in [0.1, 0.15) is 29.3 Å². The van der Waals surface area contributed by atoms with Crippen molar-refractivity contribution in [2.24, 2.45) is 0 Å². The number of benzene rings is 8. The van der Waals surface area contributed by atoms with Gasteiger partial charge in [-0.25, -0.2) is 4.57 Å². The second kappa shape index (κ2) is 23.0. The van der Waals surface area contributed by atoms with Gasteiger partial charge in [0.05, 0.1) is 60.8 Å². The van der Waals surface area contributed by atoms with Crippen molar-refractivity contribution in [1.82, 2.24) is 9.05 Å². The van der Waals surface area contributed by atoms with E-state index in [-0.39, 0.29) is 22.2 Å². The van der Waals surface area contributed by atoms with Crippen molar-refractivity contribution in [3.05, 3.63) is 245 Å². The Morgan fingerprint density at radius 1 is 0.625 bits per heavy atom. The number of aromatic nitrogens is 2. The third-order valence-electron chi connectivity index (χ3n) is 17.5. The number of ether oxygens (including phenoxy) is 5. The molecule has 88 heavy (non-hydrogen) atoms. The molecule has 12 nitrogen and oxygen atoms in total. The van der Waals surface area contributed by atoms with Gasteiger partial charge in [0.25, 0.3) is 11.1 Å². The fourth-order valence-electron chi connectivity index (χ4n) is 13.5. The lowest BCUT2D eigenvalue weighted by Gasteiger charge is -2.32. The van der Waals surface area contributed by atoms with Crippen LogP contribution in [0.15, 0.2) is 189 Å². The minimum atomic E-state index is -1.57. The van der Waals surface area contributed by atoms with Gasteiger partial charge in [0.2, 0.25) is 0 Å². The first-order valence-electron chi connectivity index (χ1n) is 29.7. The predicted octanol–water partition coefficient (Wildman–Crippen LogP) is 14.3. The molecule has 0 fully saturated rings. The summed E-state index contributed by atoms with van der Waals surface area (Å²) in [6.45, 7) is 2.88. The zero-order chi connectivity index (χ0) is 59.7.